The Labute approximate surface area is 127 Å². The second kappa shape index (κ2) is 7.05. The van der Waals surface area contributed by atoms with Crippen LogP contribution in [0.15, 0.2) is 12.1 Å². The van der Waals surface area contributed by atoms with E-state index in [2.05, 4.69) is 37.8 Å². The van der Waals surface area contributed by atoms with Gasteiger partial charge in [0.2, 0.25) is 5.91 Å². The fourth-order valence-corrected chi connectivity index (χ4v) is 2.93. The predicted molar refractivity (Wildman–Crippen MR) is 84.4 cm³/mol. The van der Waals surface area contributed by atoms with Gasteiger partial charge in [-0.2, -0.15) is 0 Å². The molecule has 1 aliphatic heterocycles. The van der Waals surface area contributed by atoms with E-state index in [1.54, 1.807) is 0 Å². The number of morpholine rings is 1. The summed E-state index contributed by atoms with van der Waals surface area (Å²) < 4.78 is 5.29. The molecule has 0 atom stereocenters. The minimum absolute atomic E-state index is 0.197. The Morgan fingerprint density at radius 1 is 1.19 bits per heavy atom. The first kappa shape index (κ1) is 16.0. The second-order valence-corrected chi connectivity index (χ2v) is 6.04. The van der Waals surface area contributed by atoms with Gasteiger partial charge in [-0.05, 0) is 44.5 Å². The zero-order valence-electron chi connectivity index (χ0n) is 13.6. The molecule has 0 saturated carbocycles. The van der Waals surface area contributed by atoms with Crippen LogP contribution in [0.5, 0.6) is 0 Å². The van der Waals surface area contributed by atoms with Gasteiger partial charge in [0.05, 0.1) is 19.8 Å². The number of hydrogen-bond acceptors (Lipinski definition) is 3. The number of hydrogen-bond donors (Lipinski definition) is 0. The van der Waals surface area contributed by atoms with Crippen molar-refractivity contribution in [1.82, 2.24) is 9.80 Å². The van der Waals surface area contributed by atoms with Crippen molar-refractivity contribution in [2.24, 2.45) is 0 Å². The van der Waals surface area contributed by atoms with Crippen molar-refractivity contribution in [2.75, 3.05) is 39.9 Å². The van der Waals surface area contributed by atoms with Crippen LogP contribution in [0.1, 0.15) is 22.3 Å². The molecule has 0 unspecified atom stereocenters. The average molecular weight is 290 g/mol. The first-order valence-corrected chi connectivity index (χ1v) is 7.58. The third-order valence-corrected chi connectivity index (χ3v) is 4.04. The number of carbonyl (C=O) groups excluding carboxylic acids is 1. The van der Waals surface area contributed by atoms with E-state index in [4.69, 9.17) is 4.74 Å². The first-order chi connectivity index (χ1) is 9.97. The Bertz CT molecular complexity index is 485. The second-order valence-electron chi connectivity index (χ2n) is 6.04. The number of likely N-dealkylation sites (N-methyl/N-ethyl adjacent to an activating group) is 1. The highest BCUT2D eigenvalue weighted by Crippen LogP contribution is 2.18. The van der Waals surface area contributed by atoms with Crippen LogP contribution in [0, 0.1) is 20.8 Å². The summed E-state index contributed by atoms with van der Waals surface area (Å²) in [6.45, 7) is 10.4. The van der Waals surface area contributed by atoms with Crippen LogP contribution in [-0.2, 0) is 16.1 Å². The quantitative estimate of drug-likeness (QED) is 0.849. The largest absolute Gasteiger partial charge is 0.378 e. The predicted octanol–water partition coefficient (Wildman–Crippen LogP) is 1.90. The Kier molecular flexibility index (Phi) is 5.37. The summed E-state index contributed by atoms with van der Waals surface area (Å²) in [4.78, 5) is 16.2. The molecule has 0 radical (unpaired) electrons. The maximum atomic E-state index is 12.3. The molecule has 1 aromatic carbocycles. The summed E-state index contributed by atoms with van der Waals surface area (Å²) in [5, 5.41) is 0. The van der Waals surface area contributed by atoms with Gasteiger partial charge >= 0.3 is 0 Å². The molecule has 0 aliphatic carbocycles. The Morgan fingerprint density at radius 2 is 1.76 bits per heavy atom. The van der Waals surface area contributed by atoms with E-state index in [-0.39, 0.29) is 5.91 Å². The van der Waals surface area contributed by atoms with Gasteiger partial charge in [0.1, 0.15) is 0 Å². The Morgan fingerprint density at radius 3 is 2.33 bits per heavy atom. The maximum absolute atomic E-state index is 12.3. The van der Waals surface area contributed by atoms with Crippen molar-refractivity contribution in [1.29, 1.82) is 0 Å². The number of carbonyl (C=O) groups is 1. The van der Waals surface area contributed by atoms with E-state index >= 15 is 0 Å². The molecule has 1 amide bonds. The van der Waals surface area contributed by atoms with Crippen LogP contribution in [0.2, 0.25) is 0 Å². The Hall–Kier alpha value is -1.39. The molecule has 1 aliphatic rings. The van der Waals surface area contributed by atoms with Gasteiger partial charge in [-0.3, -0.25) is 9.69 Å². The van der Waals surface area contributed by atoms with Crippen molar-refractivity contribution < 1.29 is 9.53 Å². The van der Waals surface area contributed by atoms with Crippen molar-refractivity contribution in [2.45, 2.75) is 27.3 Å². The topological polar surface area (TPSA) is 32.8 Å². The monoisotopic (exact) mass is 290 g/mol. The zero-order chi connectivity index (χ0) is 15.4. The highest BCUT2D eigenvalue weighted by molar-refractivity contribution is 5.78. The minimum atomic E-state index is 0.197. The maximum Gasteiger partial charge on any atom is 0.236 e. The number of ether oxygens (including phenoxy) is 1. The van der Waals surface area contributed by atoms with Crippen molar-refractivity contribution in [3.63, 3.8) is 0 Å². The molecule has 4 nitrogen and oxygen atoms in total. The highest BCUT2D eigenvalue weighted by atomic mass is 16.5. The van der Waals surface area contributed by atoms with Crippen molar-refractivity contribution in [3.05, 3.63) is 34.4 Å². The minimum Gasteiger partial charge on any atom is -0.378 e. The van der Waals surface area contributed by atoms with Crippen LogP contribution < -0.4 is 0 Å². The van der Waals surface area contributed by atoms with Gasteiger partial charge in [-0.15, -0.1) is 0 Å². The number of amides is 1. The summed E-state index contributed by atoms with van der Waals surface area (Å²) in [5.74, 6) is 0.197. The van der Waals surface area contributed by atoms with Crippen LogP contribution >= 0.6 is 0 Å². The average Bonchev–Trinajstić information content (AvgIpc) is 2.43. The van der Waals surface area contributed by atoms with E-state index in [0.29, 0.717) is 19.8 Å². The van der Waals surface area contributed by atoms with Crippen LogP contribution in [-0.4, -0.2) is 55.6 Å². The van der Waals surface area contributed by atoms with Crippen LogP contribution in [0.4, 0.5) is 0 Å². The van der Waals surface area contributed by atoms with E-state index < -0.39 is 0 Å². The molecular formula is C17H26N2O2. The van der Waals surface area contributed by atoms with Gasteiger partial charge in [0, 0.05) is 19.6 Å². The molecule has 2 rings (SSSR count). The van der Waals surface area contributed by atoms with Crippen molar-refractivity contribution >= 4 is 5.91 Å². The van der Waals surface area contributed by atoms with Crippen molar-refractivity contribution in [3.8, 4) is 0 Å². The molecule has 1 aromatic rings. The molecule has 0 aromatic heterocycles. The summed E-state index contributed by atoms with van der Waals surface area (Å²) >= 11 is 0. The summed E-state index contributed by atoms with van der Waals surface area (Å²) in [6, 6.07) is 4.42. The highest BCUT2D eigenvalue weighted by Gasteiger charge is 2.18. The summed E-state index contributed by atoms with van der Waals surface area (Å²) in [6.07, 6.45) is 0. The lowest BCUT2D eigenvalue weighted by atomic mass is 9.99. The summed E-state index contributed by atoms with van der Waals surface area (Å²) in [5.41, 5.74) is 5.23. The Balaban J connectivity index is 1.95. The van der Waals surface area contributed by atoms with E-state index in [1.165, 1.54) is 22.3 Å². The SMILES string of the molecule is Cc1cc(C)c(CN(C)CC(=O)N2CCOCC2)c(C)c1. The molecular weight excluding hydrogens is 264 g/mol. The fourth-order valence-electron chi connectivity index (χ4n) is 2.93. The lowest BCUT2D eigenvalue weighted by Crippen LogP contribution is -2.45. The molecule has 0 bridgehead atoms. The molecule has 116 valence electrons. The summed E-state index contributed by atoms with van der Waals surface area (Å²) in [7, 11) is 2.01. The normalized spacial score (nSPS) is 15.6. The molecule has 1 heterocycles. The molecule has 4 heteroatoms. The number of benzene rings is 1. The van der Waals surface area contributed by atoms with Crippen LogP contribution in [0.3, 0.4) is 0 Å². The number of aryl methyl sites for hydroxylation is 3. The van der Waals surface area contributed by atoms with Gasteiger partial charge in [0.15, 0.2) is 0 Å². The third kappa shape index (κ3) is 4.29. The lowest BCUT2D eigenvalue weighted by Gasteiger charge is -2.29. The molecule has 21 heavy (non-hydrogen) atoms. The molecule has 1 saturated heterocycles. The molecule has 1 fully saturated rings. The lowest BCUT2D eigenvalue weighted by molar-refractivity contribution is -0.136. The zero-order valence-corrected chi connectivity index (χ0v) is 13.6. The van der Waals surface area contributed by atoms with Gasteiger partial charge in [-0.1, -0.05) is 17.7 Å². The molecule has 0 N–H and O–H groups in total. The van der Waals surface area contributed by atoms with E-state index in [1.807, 2.05) is 11.9 Å². The smallest absolute Gasteiger partial charge is 0.236 e. The van der Waals surface area contributed by atoms with Crippen LogP contribution in [0.25, 0.3) is 0 Å². The van der Waals surface area contributed by atoms with E-state index in [0.717, 1.165) is 19.6 Å². The van der Waals surface area contributed by atoms with Gasteiger partial charge in [0.25, 0.3) is 0 Å². The van der Waals surface area contributed by atoms with E-state index in [9.17, 15) is 4.79 Å². The fraction of sp³-hybridized carbons (Fsp3) is 0.588. The number of rotatable bonds is 4. The van der Waals surface area contributed by atoms with Gasteiger partial charge < -0.3 is 9.64 Å². The standard InChI is InChI=1S/C17H26N2O2/c1-13-9-14(2)16(15(3)10-13)11-18(4)12-17(20)19-5-7-21-8-6-19/h9-10H,5-8,11-12H2,1-4H3. The number of nitrogens with zero attached hydrogens (tertiary/aromatic N) is 2. The first-order valence-electron chi connectivity index (χ1n) is 7.58. The van der Waals surface area contributed by atoms with Gasteiger partial charge in [-0.25, -0.2) is 0 Å². The third-order valence-electron chi connectivity index (χ3n) is 4.04. The molecule has 0 spiro atoms.